The van der Waals surface area contributed by atoms with Crippen molar-refractivity contribution in [2.45, 2.75) is 39.8 Å². The van der Waals surface area contributed by atoms with Crippen LogP contribution in [-0.4, -0.2) is 31.7 Å². The molecular formula is C20H22N4O3. The summed E-state index contributed by atoms with van der Waals surface area (Å²) in [5.41, 5.74) is 3.04. The van der Waals surface area contributed by atoms with Crippen LogP contribution in [0, 0.1) is 6.92 Å². The molecule has 0 bridgehead atoms. The molecular weight excluding hydrogens is 344 g/mol. The lowest BCUT2D eigenvalue weighted by Crippen LogP contribution is -2.23. The molecule has 2 aromatic heterocycles. The number of nitrogens with one attached hydrogen (secondary N) is 1. The Morgan fingerprint density at radius 2 is 1.96 bits per heavy atom. The maximum atomic E-state index is 12.7. The number of aromatic carboxylic acids is 1. The third-order valence-electron chi connectivity index (χ3n) is 4.60. The van der Waals surface area contributed by atoms with Gasteiger partial charge in [-0.2, -0.15) is 5.10 Å². The number of hydrogen-bond acceptors (Lipinski definition) is 4. The van der Waals surface area contributed by atoms with Gasteiger partial charge in [0.05, 0.1) is 28.8 Å². The third-order valence-corrected chi connectivity index (χ3v) is 4.60. The minimum Gasteiger partial charge on any atom is -0.478 e. The van der Waals surface area contributed by atoms with Crippen LogP contribution in [-0.2, 0) is 6.54 Å². The first kappa shape index (κ1) is 18.6. The lowest BCUT2D eigenvalue weighted by atomic mass is 10.1. The molecule has 0 saturated carbocycles. The Morgan fingerprint density at radius 3 is 2.59 bits per heavy atom. The molecule has 0 saturated heterocycles. The quantitative estimate of drug-likeness (QED) is 0.697. The first-order valence-corrected chi connectivity index (χ1v) is 8.86. The molecule has 140 valence electrons. The van der Waals surface area contributed by atoms with E-state index in [1.165, 1.54) is 12.1 Å². The molecule has 2 N–H and O–H groups in total. The predicted molar refractivity (Wildman–Crippen MR) is 102 cm³/mol. The van der Waals surface area contributed by atoms with Crippen molar-refractivity contribution in [2.75, 3.05) is 0 Å². The Kier molecular flexibility index (Phi) is 5.21. The topological polar surface area (TPSA) is 97.1 Å². The smallest absolute Gasteiger partial charge is 0.335 e. The molecule has 3 aromatic rings. The van der Waals surface area contributed by atoms with Crippen LogP contribution in [0.3, 0.4) is 0 Å². The van der Waals surface area contributed by atoms with Gasteiger partial charge in [-0.05, 0) is 44.0 Å². The van der Waals surface area contributed by atoms with E-state index in [1.54, 1.807) is 24.4 Å². The number of fused-ring (bicyclic) bond motifs is 1. The van der Waals surface area contributed by atoms with Gasteiger partial charge in [-0.1, -0.05) is 19.1 Å². The molecule has 0 spiro atoms. The van der Waals surface area contributed by atoms with Gasteiger partial charge in [-0.3, -0.25) is 4.79 Å². The molecule has 0 aliphatic carbocycles. The van der Waals surface area contributed by atoms with Crippen molar-refractivity contribution in [3.63, 3.8) is 0 Å². The number of carboxylic acid groups (broad SMARTS) is 1. The molecule has 7 nitrogen and oxygen atoms in total. The average molecular weight is 366 g/mol. The summed E-state index contributed by atoms with van der Waals surface area (Å²) in [5, 5.41) is 17.0. The summed E-state index contributed by atoms with van der Waals surface area (Å²) in [6.07, 6.45) is 2.60. The number of nitrogens with zero attached hydrogens (tertiary/aromatic N) is 3. The van der Waals surface area contributed by atoms with E-state index in [-0.39, 0.29) is 17.5 Å². The van der Waals surface area contributed by atoms with Gasteiger partial charge in [-0.25, -0.2) is 14.5 Å². The largest absolute Gasteiger partial charge is 0.478 e. The van der Waals surface area contributed by atoms with E-state index in [0.29, 0.717) is 17.8 Å². The number of hydrogen-bond donors (Lipinski definition) is 2. The van der Waals surface area contributed by atoms with E-state index in [2.05, 4.69) is 29.2 Å². The molecule has 1 aromatic carbocycles. The highest BCUT2D eigenvalue weighted by atomic mass is 16.4. The van der Waals surface area contributed by atoms with E-state index in [0.717, 1.165) is 23.1 Å². The van der Waals surface area contributed by atoms with Crippen molar-refractivity contribution in [3.05, 3.63) is 58.9 Å². The molecule has 0 aliphatic rings. The maximum absolute atomic E-state index is 12.7. The fraction of sp³-hybridized carbons (Fsp3) is 0.300. The van der Waals surface area contributed by atoms with Gasteiger partial charge in [0.2, 0.25) is 0 Å². The Morgan fingerprint density at radius 1 is 1.26 bits per heavy atom. The molecule has 1 amide bonds. The van der Waals surface area contributed by atoms with E-state index in [1.807, 2.05) is 11.6 Å². The Hall–Kier alpha value is -3.22. The van der Waals surface area contributed by atoms with E-state index in [9.17, 15) is 9.59 Å². The Balaban J connectivity index is 1.83. The summed E-state index contributed by atoms with van der Waals surface area (Å²) in [6.45, 7) is 6.31. The lowest BCUT2D eigenvalue weighted by Gasteiger charge is -2.11. The second-order valence-corrected chi connectivity index (χ2v) is 6.58. The molecule has 1 atom stereocenters. The summed E-state index contributed by atoms with van der Waals surface area (Å²) < 4.78 is 1.85. The van der Waals surface area contributed by atoms with Crippen molar-refractivity contribution < 1.29 is 14.7 Å². The zero-order valence-corrected chi connectivity index (χ0v) is 15.6. The molecule has 0 radical (unpaired) electrons. The standard InChI is InChI=1S/C20H22N4O3/c1-4-13(3)24-18-17(11-22-24)16(9-12(2)23-18)19(25)21-10-14-5-7-15(8-6-14)20(26)27/h5-9,11,13H,4,10H2,1-3H3,(H,21,25)(H,26,27). The normalized spacial score (nSPS) is 12.1. The van der Waals surface area contributed by atoms with Gasteiger partial charge in [0.1, 0.15) is 0 Å². The second-order valence-electron chi connectivity index (χ2n) is 6.58. The van der Waals surface area contributed by atoms with E-state index < -0.39 is 5.97 Å². The number of carbonyl (C=O) groups excluding carboxylic acids is 1. The van der Waals surface area contributed by atoms with Crippen molar-refractivity contribution >= 4 is 22.9 Å². The van der Waals surface area contributed by atoms with Gasteiger partial charge in [0.15, 0.2) is 5.65 Å². The number of amides is 1. The van der Waals surface area contributed by atoms with Gasteiger partial charge in [0, 0.05) is 12.2 Å². The molecule has 2 heterocycles. The molecule has 7 heteroatoms. The van der Waals surface area contributed by atoms with E-state index in [4.69, 9.17) is 5.11 Å². The molecule has 3 rings (SSSR count). The minimum atomic E-state index is -0.974. The fourth-order valence-electron chi connectivity index (χ4n) is 2.87. The Labute approximate surface area is 157 Å². The SMILES string of the molecule is CCC(C)n1ncc2c(C(=O)NCc3ccc(C(=O)O)cc3)cc(C)nc21. The molecule has 1 unspecified atom stereocenters. The maximum Gasteiger partial charge on any atom is 0.335 e. The zero-order chi connectivity index (χ0) is 19.6. The first-order valence-electron chi connectivity index (χ1n) is 8.86. The summed E-state index contributed by atoms with van der Waals surface area (Å²) in [7, 11) is 0. The summed E-state index contributed by atoms with van der Waals surface area (Å²) in [6, 6.07) is 8.38. The third kappa shape index (κ3) is 3.81. The number of benzene rings is 1. The lowest BCUT2D eigenvalue weighted by molar-refractivity contribution is 0.0696. The van der Waals surface area contributed by atoms with Crippen molar-refractivity contribution in [3.8, 4) is 0 Å². The van der Waals surface area contributed by atoms with Crippen LogP contribution in [0.1, 0.15) is 58.3 Å². The van der Waals surface area contributed by atoms with Gasteiger partial charge < -0.3 is 10.4 Å². The number of aryl methyl sites for hydroxylation is 1. The van der Waals surface area contributed by atoms with Crippen LogP contribution in [0.15, 0.2) is 36.5 Å². The van der Waals surface area contributed by atoms with Gasteiger partial charge in [0.25, 0.3) is 5.91 Å². The highest BCUT2D eigenvalue weighted by molar-refractivity contribution is 6.05. The van der Waals surface area contributed by atoms with Crippen LogP contribution in [0.5, 0.6) is 0 Å². The van der Waals surface area contributed by atoms with Gasteiger partial charge in [-0.15, -0.1) is 0 Å². The summed E-state index contributed by atoms with van der Waals surface area (Å²) >= 11 is 0. The van der Waals surface area contributed by atoms with Crippen LogP contribution < -0.4 is 5.32 Å². The molecule has 0 fully saturated rings. The Bertz CT molecular complexity index is 992. The average Bonchev–Trinajstić information content (AvgIpc) is 3.08. The van der Waals surface area contributed by atoms with Crippen LogP contribution >= 0.6 is 0 Å². The number of carboxylic acids is 1. The highest BCUT2D eigenvalue weighted by Crippen LogP contribution is 2.22. The van der Waals surface area contributed by atoms with Crippen LogP contribution in [0.2, 0.25) is 0 Å². The second kappa shape index (κ2) is 7.57. The first-order chi connectivity index (χ1) is 12.9. The van der Waals surface area contributed by atoms with Crippen LogP contribution in [0.25, 0.3) is 11.0 Å². The highest BCUT2D eigenvalue weighted by Gasteiger charge is 2.17. The number of pyridine rings is 1. The fourth-order valence-corrected chi connectivity index (χ4v) is 2.87. The summed E-state index contributed by atoms with van der Waals surface area (Å²) in [5.74, 6) is -1.19. The zero-order valence-electron chi connectivity index (χ0n) is 15.6. The monoisotopic (exact) mass is 366 g/mol. The van der Waals surface area contributed by atoms with Gasteiger partial charge >= 0.3 is 5.97 Å². The predicted octanol–water partition coefficient (Wildman–Crippen LogP) is 3.34. The van der Waals surface area contributed by atoms with Crippen molar-refractivity contribution in [2.24, 2.45) is 0 Å². The number of rotatable bonds is 6. The number of aromatic nitrogens is 3. The minimum absolute atomic E-state index is 0.195. The van der Waals surface area contributed by atoms with Crippen molar-refractivity contribution in [1.82, 2.24) is 20.1 Å². The van der Waals surface area contributed by atoms with Crippen LogP contribution in [0.4, 0.5) is 0 Å². The van der Waals surface area contributed by atoms with E-state index >= 15 is 0 Å². The molecule has 27 heavy (non-hydrogen) atoms. The van der Waals surface area contributed by atoms with Crippen molar-refractivity contribution in [1.29, 1.82) is 0 Å². The number of carbonyl (C=O) groups is 2. The molecule has 0 aliphatic heterocycles. The summed E-state index contributed by atoms with van der Waals surface area (Å²) in [4.78, 5) is 28.2.